The number of hydrogen-bond donors (Lipinski definition) is 0. The van der Waals surface area contributed by atoms with Gasteiger partial charge in [0.1, 0.15) is 0 Å². The van der Waals surface area contributed by atoms with Crippen molar-refractivity contribution in [2.24, 2.45) is 0 Å². The molecule has 0 radical (unpaired) electrons. The van der Waals surface area contributed by atoms with E-state index in [9.17, 15) is 12.9 Å². The summed E-state index contributed by atoms with van der Waals surface area (Å²) in [6.07, 6.45) is 3.56. The molecule has 0 unspecified atom stereocenters. The van der Waals surface area contributed by atoms with E-state index in [2.05, 4.69) is 9.97 Å². The Kier molecular flexibility index (Phi) is 3.01. The van der Waals surface area contributed by atoms with Gasteiger partial charge in [0.15, 0.2) is 5.82 Å². The van der Waals surface area contributed by atoms with E-state index < -0.39 is 14.6 Å². The molecule has 0 spiro atoms. The first kappa shape index (κ1) is 11.5. The molecule has 1 heterocycles. The van der Waals surface area contributed by atoms with E-state index in [4.69, 9.17) is 0 Å². The van der Waals surface area contributed by atoms with Crippen molar-refractivity contribution in [1.82, 2.24) is 9.97 Å². The van der Waals surface area contributed by atoms with E-state index >= 15 is 0 Å². The summed E-state index contributed by atoms with van der Waals surface area (Å²) >= 11 is 0. The molecule has 2 rings (SSSR count). The number of rotatable bonds is 3. The Bertz CT molecular complexity index is 589. The molecule has 1 aromatic heterocycles. The summed E-state index contributed by atoms with van der Waals surface area (Å²) in [6.45, 7) is 0. The van der Waals surface area contributed by atoms with Gasteiger partial charge < -0.3 is 0 Å². The second-order valence-corrected chi connectivity index (χ2v) is 4.84. The molecule has 17 heavy (non-hydrogen) atoms. The van der Waals surface area contributed by atoms with Crippen LogP contribution < -0.4 is 4.53 Å². The van der Waals surface area contributed by atoms with E-state index in [0.717, 1.165) is 6.20 Å². The minimum Gasteiger partial charge on any atom is -0.259 e. The molecule has 0 aliphatic heterocycles. The van der Waals surface area contributed by atoms with Crippen LogP contribution in [0.15, 0.2) is 53.8 Å². The number of benzene rings is 1. The number of hydrogen-bond acceptors (Lipinski definition) is 4. The predicted molar refractivity (Wildman–Crippen MR) is 59.2 cm³/mol. The van der Waals surface area contributed by atoms with Crippen molar-refractivity contribution in [3.63, 3.8) is 0 Å². The first-order chi connectivity index (χ1) is 8.12. The van der Waals surface area contributed by atoms with Gasteiger partial charge in [0.05, 0.1) is 11.1 Å². The Morgan fingerprint density at radius 2 is 1.82 bits per heavy atom. The summed E-state index contributed by atoms with van der Waals surface area (Å²) in [7, 11) is -4.23. The Hall–Kier alpha value is -2.02. The van der Waals surface area contributed by atoms with E-state index in [1.54, 1.807) is 6.07 Å². The molecule has 1 aromatic carbocycles. The lowest BCUT2D eigenvalue weighted by molar-refractivity contribution is 0.490. The highest BCUT2D eigenvalue weighted by molar-refractivity contribution is 7.92. The Morgan fingerprint density at radius 3 is 2.41 bits per heavy atom. The molecule has 0 aliphatic carbocycles. The molecule has 5 nitrogen and oxygen atoms in total. The van der Waals surface area contributed by atoms with Gasteiger partial charge in [-0.25, -0.2) is 4.98 Å². The summed E-state index contributed by atoms with van der Waals surface area (Å²) in [4.78, 5) is 7.04. The monoisotopic (exact) mass is 253 g/mol. The maximum absolute atomic E-state index is 13.7. The van der Waals surface area contributed by atoms with E-state index in [-0.39, 0.29) is 10.7 Å². The zero-order chi connectivity index (χ0) is 12.3. The van der Waals surface area contributed by atoms with Crippen LogP contribution in [0.1, 0.15) is 0 Å². The molecule has 0 atom stereocenters. The van der Waals surface area contributed by atoms with E-state index in [1.807, 2.05) is 0 Å². The molecule has 0 fully saturated rings. The van der Waals surface area contributed by atoms with Crippen LogP contribution in [0.4, 0.5) is 10.3 Å². The molecule has 7 heteroatoms. The lowest BCUT2D eigenvalue weighted by atomic mass is 10.4. The predicted octanol–water partition coefficient (Wildman–Crippen LogP) is 1.56. The largest absolute Gasteiger partial charge is 0.292 e. The summed E-state index contributed by atoms with van der Waals surface area (Å²) in [5.74, 6) is -0.378. The molecule has 0 saturated heterocycles. The molecular weight excluding hydrogens is 245 g/mol. The van der Waals surface area contributed by atoms with Crippen molar-refractivity contribution in [1.29, 1.82) is 0 Å². The van der Waals surface area contributed by atoms with Crippen LogP contribution in [0.25, 0.3) is 0 Å². The third-order valence-corrected chi connectivity index (χ3v) is 3.46. The second kappa shape index (κ2) is 4.46. The topological polar surface area (TPSA) is 63.2 Å². The summed E-state index contributed by atoms with van der Waals surface area (Å²) in [5, 5.41) is 0. The molecule has 88 valence electrons. The Balaban J connectivity index is 2.41. The average molecular weight is 253 g/mol. The van der Waals surface area contributed by atoms with Crippen molar-refractivity contribution < 1.29 is 12.9 Å². The van der Waals surface area contributed by atoms with Gasteiger partial charge in [0.25, 0.3) is 10.0 Å². The van der Waals surface area contributed by atoms with E-state index in [1.165, 1.54) is 36.7 Å². The van der Waals surface area contributed by atoms with Crippen molar-refractivity contribution in [3.8, 4) is 0 Å². The van der Waals surface area contributed by atoms with Crippen molar-refractivity contribution >= 4 is 15.8 Å². The zero-order valence-corrected chi connectivity index (χ0v) is 9.38. The highest BCUT2D eigenvalue weighted by Crippen LogP contribution is 2.20. The van der Waals surface area contributed by atoms with Gasteiger partial charge in [0.2, 0.25) is 0 Å². The molecule has 0 saturated carbocycles. The third kappa shape index (κ3) is 2.23. The first-order valence-corrected chi connectivity index (χ1v) is 6.08. The van der Waals surface area contributed by atoms with Crippen LogP contribution in [0, 0.1) is 0 Å². The van der Waals surface area contributed by atoms with Gasteiger partial charge in [-0.3, -0.25) is 4.98 Å². The number of aromatic nitrogens is 2. The summed E-state index contributed by atoms with van der Waals surface area (Å²) in [6, 6.07) is 7.27. The van der Waals surface area contributed by atoms with Crippen LogP contribution in [-0.2, 0) is 10.0 Å². The molecule has 0 aliphatic rings. The van der Waals surface area contributed by atoms with Crippen LogP contribution >= 0.6 is 0 Å². The molecule has 0 bridgehead atoms. The maximum atomic E-state index is 13.7. The quantitative estimate of drug-likeness (QED) is 0.779. The number of halogens is 1. The van der Waals surface area contributed by atoms with Gasteiger partial charge in [-0.15, -0.1) is 0 Å². The fourth-order valence-electron chi connectivity index (χ4n) is 1.19. The number of nitrogens with zero attached hydrogens (tertiary/aromatic N) is 3. The molecular formula is C10H8FN3O2S. The molecule has 0 amide bonds. The van der Waals surface area contributed by atoms with Gasteiger partial charge in [0, 0.05) is 12.4 Å². The smallest absolute Gasteiger partial charge is 0.259 e. The number of sulfonamides is 1. The first-order valence-electron chi connectivity index (χ1n) is 4.64. The fraction of sp³-hybridized carbons (Fsp3) is 0. The lowest BCUT2D eigenvalue weighted by Crippen LogP contribution is -2.23. The zero-order valence-electron chi connectivity index (χ0n) is 8.56. The minimum absolute atomic E-state index is 0.145. The van der Waals surface area contributed by atoms with Gasteiger partial charge in [-0.05, 0) is 12.1 Å². The normalized spacial score (nSPS) is 11.1. The van der Waals surface area contributed by atoms with Crippen molar-refractivity contribution in [2.75, 3.05) is 4.53 Å². The van der Waals surface area contributed by atoms with Gasteiger partial charge in [-0.2, -0.15) is 8.42 Å². The highest BCUT2D eigenvalue weighted by atomic mass is 32.2. The van der Waals surface area contributed by atoms with Crippen LogP contribution in [0.5, 0.6) is 0 Å². The second-order valence-electron chi connectivity index (χ2n) is 3.10. The summed E-state index contributed by atoms with van der Waals surface area (Å²) < 4.78 is 37.0. The van der Waals surface area contributed by atoms with Crippen molar-refractivity contribution in [3.05, 3.63) is 48.9 Å². The molecule has 2 aromatic rings. The SMILES string of the molecule is O=S(=O)(c1ccccc1)N(F)c1cnccn1. The van der Waals surface area contributed by atoms with Crippen molar-refractivity contribution in [2.45, 2.75) is 4.90 Å². The molecule has 0 N–H and O–H groups in total. The standard InChI is InChI=1S/C10H8FN3O2S/c11-14(10-8-12-6-7-13-10)17(15,16)9-4-2-1-3-5-9/h1-8H. The van der Waals surface area contributed by atoms with Gasteiger partial charge >= 0.3 is 0 Å². The maximum Gasteiger partial charge on any atom is 0.292 e. The summed E-state index contributed by atoms with van der Waals surface area (Å²) in [5.41, 5.74) is 0. The minimum atomic E-state index is -4.23. The lowest BCUT2D eigenvalue weighted by Gasteiger charge is -2.12. The third-order valence-electron chi connectivity index (χ3n) is 1.98. The fourth-order valence-corrected chi connectivity index (χ4v) is 2.22. The average Bonchev–Trinajstić information content (AvgIpc) is 2.40. The van der Waals surface area contributed by atoms with Crippen LogP contribution in [0.2, 0.25) is 0 Å². The van der Waals surface area contributed by atoms with E-state index in [0.29, 0.717) is 0 Å². The Labute approximate surface area is 97.5 Å². The number of anilines is 1. The van der Waals surface area contributed by atoms with Gasteiger partial charge in [-0.1, -0.05) is 27.2 Å². The highest BCUT2D eigenvalue weighted by Gasteiger charge is 2.25. The van der Waals surface area contributed by atoms with Crippen LogP contribution in [-0.4, -0.2) is 18.4 Å². The Morgan fingerprint density at radius 1 is 1.12 bits per heavy atom. The van der Waals surface area contributed by atoms with Crippen LogP contribution in [0.3, 0.4) is 0 Å².